The van der Waals surface area contributed by atoms with Gasteiger partial charge in [-0.2, -0.15) is 10.5 Å². The topological polar surface area (TPSA) is 142 Å². The van der Waals surface area contributed by atoms with E-state index in [0.29, 0.717) is 14.8 Å². The smallest absolute Gasteiger partial charge is 0.316 e. The second-order valence-corrected chi connectivity index (χ2v) is 9.72. The van der Waals surface area contributed by atoms with E-state index in [2.05, 4.69) is 21.4 Å². The van der Waals surface area contributed by atoms with E-state index in [1.165, 1.54) is 11.3 Å². The van der Waals surface area contributed by atoms with E-state index in [0.717, 1.165) is 59.2 Å². The second kappa shape index (κ2) is 7.87. The highest BCUT2D eigenvalue weighted by atomic mass is 32.2. The van der Waals surface area contributed by atoms with Crippen molar-refractivity contribution < 1.29 is 4.79 Å². The molecule has 0 bridgehead atoms. The van der Waals surface area contributed by atoms with Gasteiger partial charge in [-0.1, -0.05) is 0 Å². The number of nitrogens with zero attached hydrogens (tertiary/aromatic N) is 2. The Morgan fingerprint density at radius 1 is 1.10 bits per heavy atom. The van der Waals surface area contributed by atoms with E-state index in [1.54, 1.807) is 0 Å². The fourth-order valence-corrected chi connectivity index (χ4v) is 6.64. The van der Waals surface area contributed by atoms with Crippen molar-refractivity contribution >= 4 is 55.6 Å². The molecule has 0 spiro atoms. The summed E-state index contributed by atoms with van der Waals surface area (Å²) in [5.74, 6) is -0.286. The van der Waals surface area contributed by atoms with Gasteiger partial charge in [0.2, 0.25) is 5.91 Å². The van der Waals surface area contributed by atoms with Crippen LogP contribution >= 0.6 is 34.4 Å². The van der Waals surface area contributed by atoms with Gasteiger partial charge in [0.15, 0.2) is 0 Å². The van der Waals surface area contributed by atoms with E-state index < -0.39 is 11.2 Å². The Balaban J connectivity index is 1.54. The molecule has 3 aromatic heterocycles. The van der Waals surface area contributed by atoms with Crippen molar-refractivity contribution in [3.05, 3.63) is 42.4 Å². The van der Waals surface area contributed by atoms with E-state index in [-0.39, 0.29) is 27.4 Å². The number of aryl methyl sites for hydroxylation is 1. The number of thioether (sulfide) groups is 1. The average Bonchev–Trinajstić information content (AvgIpc) is 3.23. The molecule has 0 aliphatic heterocycles. The van der Waals surface area contributed by atoms with Crippen LogP contribution in [0.25, 0.3) is 10.2 Å². The molecule has 146 valence electrons. The molecule has 0 saturated heterocycles. The van der Waals surface area contributed by atoms with Crippen molar-refractivity contribution in [2.45, 2.75) is 29.9 Å². The first-order valence-corrected chi connectivity index (χ1v) is 11.3. The lowest BCUT2D eigenvalue weighted by molar-refractivity contribution is -0.113. The number of thiophene rings is 2. The molecule has 0 unspecified atom stereocenters. The summed E-state index contributed by atoms with van der Waals surface area (Å²) >= 11 is 3.63. The molecule has 0 radical (unpaired) electrons. The van der Waals surface area contributed by atoms with Crippen LogP contribution in [0.15, 0.2) is 13.8 Å². The molecule has 0 saturated carbocycles. The van der Waals surface area contributed by atoms with Crippen LogP contribution in [0.1, 0.15) is 34.4 Å². The number of carbonyl (C=O) groups excluding carboxylic acids is 1. The lowest BCUT2D eigenvalue weighted by atomic mass is 9.96. The number of nitriles is 2. The SMILES string of the molecule is N#Cc1c(NC(=O)CSc2sc3c(=O)[nH]c(=O)[nH]c3c2C#N)sc2c1CCCC2. The maximum absolute atomic E-state index is 12.5. The van der Waals surface area contributed by atoms with Gasteiger partial charge in [-0.15, -0.1) is 34.4 Å². The van der Waals surface area contributed by atoms with Crippen LogP contribution in [0.4, 0.5) is 5.00 Å². The standard InChI is InChI=1S/C18H13N5O3S3/c19-5-9-8-3-1-2-4-11(8)28-16(9)21-12(24)7-27-17-10(6-20)13-14(29-17)15(25)23-18(26)22-13/h1-4,7H2,(H,21,24)(H2,22,23,25,26). The largest absolute Gasteiger partial charge is 0.326 e. The summed E-state index contributed by atoms with van der Waals surface area (Å²) in [7, 11) is 0. The van der Waals surface area contributed by atoms with Crippen LogP contribution in [-0.2, 0) is 17.6 Å². The first-order valence-electron chi connectivity index (χ1n) is 8.68. The monoisotopic (exact) mass is 443 g/mol. The summed E-state index contributed by atoms with van der Waals surface area (Å²) in [6.45, 7) is 0. The summed E-state index contributed by atoms with van der Waals surface area (Å²) in [5, 5.41) is 22.3. The lowest BCUT2D eigenvalue weighted by Crippen LogP contribution is -2.20. The van der Waals surface area contributed by atoms with Gasteiger partial charge < -0.3 is 10.3 Å². The highest BCUT2D eigenvalue weighted by Gasteiger charge is 2.22. The van der Waals surface area contributed by atoms with E-state index in [1.807, 2.05) is 6.07 Å². The molecular weight excluding hydrogens is 430 g/mol. The molecule has 0 aromatic carbocycles. The van der Waals surface area contributed by atoms with Gasteiger partial charge in [0.25, 0.3) is 5.56 Å². The van der Waals surface area contributed by atoms with Crippen LogP contribution in [0, 0.1) is 22.7 Å². The Labute approximate surface area is 176 Å². The van der Waals surface area contributed by atoms with Gasteiger partial charge in [0.05, 0.1) is 21.0 Å². The van der Waals surface area contributed by atoms with E-state index >= 15 is 0 Å². The van der Waals surface area contributed by atoms with E-state index in [4.69, 9.17) is 0 Å². The van der Waals surface area contributed by atoms with Gasteiger partial charge in [-0.05, 0) is 31.2 Å². The van der Waals surface area contributed by atoms with Gasteiger partial charge in [-0.25, -0.2) is 4.79 Å². The van der Waals surface area contributed by atoms with Crippen LogP contribution in [0.5, 0.6) is 0 Å². The summed E-state index contributed by atoms with van der Waals surface area (Å²) in [6, 6.07) is 4.20. The third-order valence-electron chi connectivity index (χ3n) is 4.53. The fraction of sp³-hybridized carbons (Fsp3) is 0.278. The van der Waals surface area contributed by atoms with Crippen molar-refractivity contribution in [2.75, 3.05) is 11.1 Å². The molecule has 29 heavy (non-hydrogen) atoms. The second-order valence-electron chi connectivity index (χ2n) is 6.35. The zero-order chi connectivity index (χ0) is 20.5. The number of carbonyl (C=O) groups is 1. The molecule has 1 amide bonds. The van der Waals surface area contributed by atoms with Gasteiger partial charge in [0, 0.05) is 4.88 Å². The lowest BCUT2D eigenvalue weighted by Gasteiger charge is -2.09. The Morgan fingerprint density at radius 3 is 2.62 bits per heavy atom. The third-order valence-corrected chi connectivity index (χ3v) is 8.20. The number of amides is 1. The molecule has 4 rings (SSSR count). The summed E-state index contributed by atoms with van der Waals surface area (Å²) in [4.78, 5) is 41.6. The molecule has 0 atom stereocenters. The molecular formula is C18H13N5O3S3. The zero-order valence-electron chi connectivity index (χ0n) is 14.9. The zero-order valence-corrected chi connectivity index (χ0v) is 17.3. The molecule has 1 aliphatic carbocycles. The highest BCUT2D eigenvalue weighted by Crippen LogP contribution is 2.38. The minimum Gasteiger partial charge on any atom is -0.316 e. The molecule has 1 aliphatic rings. The number of nitrogens with one attached hydrogen (secondary N) is 3. The minimum absolute atomic E-state index is 0.0110. The molecule has 11 heteroatoms. The first-order chi connectivity index (χ1) is 14.0. The number of hydrogen-bond donors (Lipinski definition) is 3. The number of H-pyrrole nitrogens is 2. The molecule has 3 N–H and O–H groups in total. The number of fused-ring (bicyclic) bond motifs is 2. The fourth-order valence-electron chi connectivity index (χ4n) is 3.26. The number of rotatable bonds is 4. The van der Waals surface area contributed by atoms with Crippen LogP contribution in [0.2, 0.25) is 0 Å². The molecule has 3 aromatic rings. The van der Waals surface area contributed by atoms with Crippen LogP contribution < -0.4 is 16.6 Å². The van der Waals surface area contributed by atoms with E-state index in [9.17, 15) is 24.9 Å². The molecule has 3 heterocycles. The van der Waals surface area contributed by atoms with Gasteiger partial charge in [0.1, 0.15) is 27.4 Å². The number of aromatic amines is 2. The third kappa shape index (κ3) is 3.60. The minimum atomic E-state index is -0.684. The normalized spacial score (nSPS) is 12.9. The van der Waals surface area contributed by atoms with Crippen molar-refractivity contribution in [2.24, 2.45) is 0 Å². The molecule has 0 fully saturated rings. The van der Waals surface area contributed by atoms with Crippen molar-refractivity contribution in [1.82, 2.24) is 9.97 Å². The predicted molar refractivity (Wildman–Crippen MR) is 113 cm³/mol. The summed E-state index contributed by atoms with van der Waals surface area (Å²) in [6.07, 6.45) is 3.93. The summed E-state index contributed by atoms with van der Waals surface area (Å²) in [5.41, 5.74) is 0.709. The van der Waals surface area contributed by atoms with Crippen LogP contribution in [0.3, 0.4) is 0 Å². The predicted octanol–water partition coefficient (Wildman–Crippen LogP) is 2.69. The Morgan fingerprint density at radius 2 is 1.86 bits per heavy atom. The maximum atomic E-state index is 12.5. The Bertz CT molecular complexity index is 1330. The number of aromatic nitrogens is 2. The van der Waals surface area contributed by atoms with Crippen molar-refractivity contribution in [3.8, 4) is 12.1 Å². The maximum Gasteiger partial charge on any atom is 0.326 e. The molecule has 8 nitrogen and oxygen atoms in total. The van der Waals surface area contributed by atoms with Crippen molar-refractivity contribution in [3.63, 3.8) is 0 Å². The summed E-state index contributed by atoms with van der Waals surface area (Å²) < 4.78 is 0.720. The number of hydrogen-bond acceptors (Lipinski definition) is 8. The Kier molecular flexibility index (Phi) is 5.28. The average molecular weight is 444 g/mol. The van der Waals surface area contributed by atoms with Gasteiger partial charge in [-0.3, -0.25) is 14.6 Å². The Hall–Kier alpha value is -2.86. The highest BCUT2D eigenvalue weighted by molar-refractivity contribution is 8.02. The quantitative estimate of drug-likeness (QED) is 0.529. The van der Waals surface area contributed by atoms with Gasteiger partial charge >= 0.3 is 5.69 Å². The van der Waals surface area contributed by atoms with Crippen molar-refractivity contribution in [1.29, 1.82) is 10.5 Å². The number of anilines is 1. The van der Waals surface area contributed by atoms with Crippen LogP contribution in [-0.4, -0.2) is 21.6 Å². The first kappa shape index (κ1) is 19.5.